The molecule has 120 valence electrons. The molecule has 3 nitrogen and oxygen atoms in total. The summed E-state index contributed by atoms with van der Waals surface area (Å²) in [6.07, 6.45) is 0.973. The number of methoxy groups -OCH3 is 1. The van der Waals surface area contributed by atoms with E-state index in [0.717, 1.165) is 26.1 Å². The Balaban J connectivity index is 3.10. The summed E-state index contributed by atoms with van der Waals surface area (Å²) >= 11 is 0. The van der Waals surface area contributed by atoms with Crippen molar-refractivity contribution in [3.8, 4) is 0 Å². The SMILES string of the molecule is CCC(N)C(c1ccccc1C)N(CCOC)CC(C)C. The van der Waals surface area contributed by atoms with Gasteiger partial charge in [-0.2, -0.15) is 0 Å². The summed E-state index contributed by atoms with van der Waals surface area (Å²) in [5.41, 5.74) is 9.15. The first kappa shape index (κ1) is 18.1. The second kappa shape index (κ2) is 9.19. The van der Waals surface area contributed by atoms with E-state index in [2.05, 4.69) is 56.9 Å². The number of nitrogens with two attached hydrogens (primary N) is 1. The number of benzene rings is 1. The highest BCUT2D eigenvalue weighted by molar-refractivity contribution is 5.30. The van der Waals surface area contributed by atoms with Gasteiger partial charge in [0.25, 0.3) is 0 Å². The third-order valence-electron chi connectivity index (χ3n) is 3.96. The molecule has 1 aromatic carbocycles. The van der Waals surface area contributed by atoms with E-state index in [1.807, 2.05) is 0 Å². The Morgan fingerprint density at radius 3 is 2.43 bits per heavy atom. The largest absolute Gasteiger partial charge is 0.383 e. The minimum absolute atomic E-state index is 0.140. The molecule has 0 radical (unpaired) electrons. The molecule has 3 heteroatoms. The van der Waals surface area contributed by atoms with Gasteiger partial charge in [-0.25, -0.2) is 0 Å². The Morgan fingerprint density at radius 2 is 1.90 bits per heavy atom. The van der Waals surface area contributed by atoms with Crippen molar-refractivity contribution >= 4 is 0 Å². The maximum Gasteiger partial charge on any atom is 0.0589 e. The Kier molecular flexibility index (Phi) is 7.94. The van der Waals surface area contributed by atoms with Crippen LogP contribution in [0.15, 0.2) is 24.3 Å². The van der Waals surface area contributed by atoms with Crippen molar-refractivity contribution in [1.29, 1.82) is 0 Å². The van der Waals surface area contributed by atoms with Crippen LogP contribution in [-0.4, -0.2) is 37.7 Å². The van der Waals surface area contributed by atoms with E-state index in [-0.39, 0.29) is 12.1 Å². The molecule has 0 fully saturated rings. The van der Waals surface area contributed by atoms with Crippen molar-refractivity contribution in [2.75, 3.05) is 26.8 Å². The molecule has 2 unspecified atom stereocenters. The fourth-order valence-electron chi connectivity index (χ4n) is 2.86. The van der Waals surface area contributed by atoms with Crippen LogP contribution in [0.3, 0.4) is 0 Å². The summed E-state index contributed by atoms with van der Waals surface area (Å²) in [5, 5.41) is 0. The number of ether oxygens (including phenoxy) is 1. The van der Waals surface area contributed by atoms with Crippen LogP contribution in [0, 0.1) is 12.8 Å². The highest BCUT2D eigenvalue weighted by Crippen LogP contribution is 2.28. The van der Waals surface area contributed by atoms with Crippen molar-refractivity contribution in [2.45, 2.75) is 46.2 Å². The molecule has 0 saturated heterocycles. The minimum atomic E-state index is 0.140. The third-order valence-corrected chi connectivity index (χ3v) is 3.96. The van der Waals surface area contributed by atoms with E-state index < -0.39 is 0 Å². The third kappa shape index (κ3) is 5.42. The zero-order chi connectivity index (χ0) is 15.8. The average molecular weight is 292 g/mol. The monoisotopic (exact) mass is 292 g/mol. The molecule has 0 spiro atoms. The maximum absolute atomic E-state index is 6.48. The highest BCUT2D eigenvalue weighted by atomic mass is 16.5. The van der Waals surface area contributed by atoms with Gasteiger partial charge in [0.05, 0.1) is 12.6 Å². The smallest absolute Gasteiger partial charge is 0.0589 e. The van der Waals surface area contributed by atoms with Crippen LogP contribution < -0.4 is 5.73 Å². The lowest BCUT2D eigenvalue weighted by atomic mass is 9.92. The predicted molar refractivity (Wildman–Crippen MR) is 90.5 cm³/mol. The van der Waals surface area contributed by atoms with Gasteiger partial charge in [0.2, 0.25) is 0 Å². The lowest BCUT2D eigenvalue weighted by Crippen LogP contribution is -2.44. The second-order valence-corrected chi connectivity index (χ2v) is 6.26. The fourth-order valence-corrected chi connectivity index (χ4v) is 2.86. The lowest BCUT2D eigenvalue weighted by molar-refractivity contribution is 0.0972. The van der Waals surface area contributed by atoms with Crippen LogP contribution in [0.5, 0.6) is 0 Å². The molecule has 2 N–H and O–H groups in total. The molecule has 0 bridgehead atoms. The maximum atomic E-state index is 6.48. The van der Waals surface area contributed by atoms with Gasteiger partial charge >= 0.3 is 0 Å². The first-order valence-corrected chi connectivity index (χ1v) is 8.05. The number of hydrogen-bond donors (Lipinski definition) is 1. The summed E-state index contributed by atoms with van der Waals surface area (Å²) in [5.74, 6) is 0.609. The fraction of sp³-hybridized carbons (Fsp3) is 0.667. The molecule has 1 rings (SSSR count). The molecule has 0 aliphatic carbocycles. The minimum Gasteiger partial charge on any atom is -0.383 e. The predicted octanol–water partition coefficient (Wildman–Crippen LogP) is 3.38. The average Bonchev–Trinajstić information content (AvgIpc) is 2.45. The normalized spacial score (nSPS) is 14.7. The summed E-state index contributed by atoms with van der Waals surface area (Å²) in [6.45, 7) is 11.6. The molecule has 0 aliphatic rings. The highest BCUT2D eigenvalue weighted by Gasteiger charge is 2.27. The molecule has 1 aromatic rings. The summed E-state index contributed by atoms with van der Waals surface area (Å²) in [7, 11) is 1.76. The van der Waals surface area contributed by atoms with E-state index in [1.54, 1.807) is 7.11 Å². The van der Waals surface area contributed by atoms with Crippen molar-refractivity contribution in [2.24, 2.45) is 11.7 Å². The summed E-state index contributed by atoms with van der Waals surface area (Å²) < 4.78 is 5.30. The van der Waals surface area contributed by atoms with Gasteiger partial charge in [0.15, 0.2) is 0 Å². The van der Waals surface area contributed by atoms with Crippen molar-refractivity contribution in [3.05, 3.63) is 35.4 Å². The summed E-state index contributed by atoms with van der Waals surface area (Å²) in [4.78, 5) is 2.49. The van der Waals surface area contributed by atoms with Gasteiger partial charge in [-0.1, -0.05) is 45.0 Å². The molecule has 0 amide bonds. The quantitative estimate of drug-likeness (QED) is 0.758. The molecule has 0 saturated carbocycles. The Labute approximate surface area is 130 Å². The molecule has 0 heterocycles. The van der Waals surface area contributed by atoms with Crippen LogP contribution in [0.1, 0.15) is 44.4 Å². The lowest BCUT2D eigenvalue weighted by Gasteiger charge is -2.37. The van der Waals surface area contributed by atoms with Gasteiger partial charge in [-0.15, -0.1) is 0 Å². The van der Waals surface area contributed by atoms with Gasteiger partial charge in [-0.3, -0.25) is 4.90 Å². The zero-order valence-electron chi connectivity index (χ0n) is 14.3. The van der Waals surface area contributed by atoms with E-state index in [1.165, 1.54) is 11.1 Å². The standard InChI is InChI=1S/C18H32N2O/c1-6-17(19)18(16-10-8-7-9-15(16)4)20(11-12-21-5)13-14(2)3/h7-10,14,17-18H,6,11-13,19H2,1-5H3. The van der Waals surface area contributed by atoms with Crippen LogP contribution in [-0.2, 0) is 4.74 Å². The molecular formula is C18H32N2O. The first-order valence-electron chi connectivity index (χ1n) is 8.05. The number of rotatable bonds is 9. The number of nitrogens with zero attached hydrogens (tertiary/aromatic N) is 1. The van der Waals surface area contributed by atoms with E-state index >= 15 is 0 Å². The van der Waals surface area contributed by atoms with Gasteiger partial charge < -0.3 is 10.5 Å². The van der Waals surface area contributed by atoms with E-state index in [9.17, 15) is 0 Å². The van der Waals surface area contributed by atoms with E-state index in [4.69, 9.17) is 10.5 Å². The number of aryl methyl sites for hydroxylation is 1. The van der Waals surface area contributed by atoms with Crippen molar-refractivity contribution < 1.29 is 4.74 Å². The Bertz CT molecular complexity index is 406. The Morgan fingerprint density at radius 1 is 1.24 bits per heavy atom. The second-order valence-electron chi connectivity index (χ2n) is 6.26. The number of hydrogen-bond acceptors (Lipinski definition) is 3. The first-order chi connectivity index (χ1) is 10.0. The molecule has 2 atom stereocenters. The topological polar surface area (TPSA) is 38.5 Å². The van der Waals surface area contributed by atoms with Gasteiger partial charge in [0, 0.05) is 26.2 Å². The van der Waals surface area contributed by atoms with Crippen LogP contribution >= 0.6 is 0 Å². The van der Waals surface area contributed by atoms with Crippen molar-refractivity contribution in [1.82, 2.24) is 4.90 Å². The Hall–Kier alpha value is -0.900. The van der Waals surface area contributed by atoms with Gasteiger partial charge in [-0.05, 0) is 30.4 Å². The molecule has 0 aromatic heterocycles. The van der Waals surface area contributed by atoms with Gasteiger partial charge in [0.1, 0.15) is 0 Å². The molecular weight excluding hydrogens is 260 g/mol. The van der Waals surface area contributed by atoms with Crippen LogP contribution in [0.4, 0.5) is 0 Å². The van der Waals surface area contributed by atoms with Crippen molar-refractivity contribution in [3.63, 3.8) is 0 Å². The van der Waals surface area contributed by atoms with E-state index in [0.29, 0.717) is 5.92 Å². The summed E-state index contributed by atoms with van der Waals surface area (Å²) in [6, 6.07) is 9.00. The molecule has 21 heavy (non-hydrogen) atoms. The van der Waals surface area contributed by atoms with Crippen LogP contribution in [0.25, 0.3) is 0 Å². The zero-order valence-corrected chi connectivity index (χ0v) is 14.3. The molecule has 0 aliphatic heterocycles. The van der Waals surface area contributed by atoms with Crippen LogP contribution in [0.2, 0.25) is 0 Å².